The molecule has 10 heavy (non-hydrogen) atoms. The second-order valence-corrected chi connectivity index (χ2v) is 1.90. The zero-order valence-electron chi connectivity index (χ0n) is 5.93. The summed E-state index contributed by atoms with van der Waals surface area (Å²) >= 11 is 0. The second-order valence-electron chi connectivity index (χ2n) is 1.90. The third-order valence-corrected chi connectivity index (χ3v) is 1.02. The van der Waals surface area contributed by atoms with E-state index in [1.54, 1.807) is 6.92 Å². The Balaban J connectivity index is 3.37. The average molecular weight is 149 g/mol. The van der Waals surface area contributed by atoms with E-state index in [0.29, 0.717) is 0 Å². The number of hydrogen-bond donors (Lipinski definition) is 2. The smallest absolute Gasteiger partial charge is 0.221 e. The van der Waals surface area contributed by atoms with Gasteiger partial charge in [0.15, 0.2) is 6.30 Å². The number of hydrogen-bond acceptors (Lipinski definition) is 2. The van der Waals surface area contributed by atoms with E-state index in [9.17, 15) is 9.18 Å². The van der Waals surface area contributed by atoms with Crippen molar-refractivity contribution in [3.05, 3.63) is 0 Å². The molecule has 0 bridgehead atoms. The van der Waals surface area contributed by atoms with Crippen molar-refractivity contribution in [3.63, 3.8) is 0 Å². The quantitative estimate of drug-likeness (QED) is 0.560. The summed E-state index contributed by atoms with van der Waals surface area (Å²) in [5.74, 6) is -0.332. The topological polar surface area (TPSA) is 49.3 Å². The lowest BCUT2D eigenvalue weighted by molar-refractivity contribution is -0.122. The molecule has 0 aliphatic rings. The fourth-order valence-electron chi connectivity index (χ4n) is 0.462. The van der Waals surface area contributed by atoms with Crippen molar-refractivity contribution in [2.45, 2.75) is 26.1 Å². The Morgan fingerprint density at radius 2 is 2.40 bits per heavy atom. The molecule has 0 aromatic rings. The minimum absolute atomic E-state index is 0.0360. The SMILES string of the molecule is CCC(=O)NC(F)CCO. The van der Waals surface area contributed by atoms with Gasteiger partial charge in [0.25, 0.3) is 0 Å². The zero-order valence-corrected chi connectivity index (χ0v) is 5.93. The van der Waals surface area contributed by atoms with Crippen LogP contribution in [0.4, 0.5) is 4.39 Å². The Bertz CT molecular complexity index is 108. The molecule has 0 fully saturated rings. The number of aliphatic hydroxyl groups excluding tert-OH is 1. The lowest BCUT2D eigenvalue weighted by Crippen LogP contribution is -2.31. The van der Waals surface area contributed by atoms with Gasteiger partial charge in [-0.25, -0.2) is 4.39 Å². The number of halogens is 1. The maximum absolute atomic E-state index is 12.3. The van der Waals surface area contributed by atoms with Gasteiger partial charge in [-0.2, -0.15) is 0 Å². The van der Waals surface area contributed by atoms with Crippen LogP contribution in [0.1, 0.15) is 19.8 Å². The van der Waals surface area contributed by atoms with Crippen molar-refractivity contribution in [3.8, 4) is 0 Å². The van der Waals surface area contributed by atoms with Crippen LogP contribution in [0.2, 0.25) is 0 Å². The second kappa shape index (κ2) is 5.17. The lowest BCUT2D eigenvalue weighted by atomic mass is 10.4. The molecule has 1 unspecified atom stereocenters. The van der Waals surface area contributed by atoms with Crippen LogP contribution in [0.25, 0.3) is 0 Å². The molecular weight excluding hydrogens is 137 g/mol. The fourth-order valence-corrected chi connectivity index (χ4v) is 0.462. The number of carbonyl (C=O) groups is 1. The van der Waals surface area contributed by atoms with E-state index in [1.165, 1.54) is 0 Å². The summed E-state index contributed by atoms with van der Waals surface area (Å²) in [7, 11) is 0. The summed E-state index contributed by atoms with van der Waals surface area (Å²) in [6, 6.07) is 0. The molecule has 0 aliphatic carbocycles. The monoisotopic (exact) mass is 149 g/mol. The van der Waals surface area contributed by atoms with E-state index in [2.05, 4.69) is 5.32 Å². The van der Waals surface area contributed by atoms with E-state index in [-0.39, 0.29) is 25.4 Å². The van der Waals surface area contributed by atoms with Crippen LogP contribution in [0.15, 0.2) is 0 Å². The number of aliphatic hydroxyl groups is 1. The van der Waals surface area contributed by atoms with Crippen LogP contribution >= 0.6 is 0 Å². The number of amides is 1. The van der Waals surface area contributed by atoms with Crippen LogP contribution in [-0.2, 0) is 4.79 Å². The van der Waals surface area contributed by atoms with Crippen molar-refractivity contribution < 1.29 is 14.3 Å². The van der Waals surface area contributed by atoms with E-state index in [0.717, 1.165) is 0 Å². The molecule has 0 heterocycles. The van der Waals surface area contributed by atoms with Crippen molar-refractivity contribution >= 4 is 5.91 Å². The summed E-state index contributed by atoms with van der Waals surface area (Å²) in [5.41, 5.74) is 0. The predicted molar refractivity (Wildman–Crippen MR) is 35.0 cm³/mol. The number of carbonyl (C=O) groups excluding carboxylic acids is 1. The third-order valence-electron chi connectivity index (χ3n) is 1.02. The van der Waals surface area contributed by atoms with E-state index >= 15 is 0 Å². The van der Waals surface area contributed by atoms with Crippen molar-refractivity contribution in [1.29, 1.82) is 0 Å². The highest BCUT2D eigenvalue weighted by molar-refractivity contribution is 5.75. The molecule has 3 nitrogen and oxygen atoms in total. The molecule has 1 amide bonds. The summed E-state index contributed by atoms with van der Waals surface area (Å²) in [6.07, 6.45) is -1.17. The highest BCUT2D eigenvalue weighted by Gasteiger charge is 2.06. The summed E-state index contributed by atoms with van der Waals surface area (Å²) < 4.78 is 12.3. The molecule has 0 aliphatic heterocycles. The summed E-state index contributed by atoms with van der Waals surface area (Å²) in [4.78, 5) is 10.5. The van der Waals surface area contributed by atoms with Crippen LogP contribution in [0.3, 0.4) is 0 Å². The number of nitrogens with one attached hydrogen (secondary N) is 1. The maximum Gasteiger partial charge on any atom is 0.221 e. The first-order valence-corrected chi connectivity index (χ1v) is 3.25. The van der Waals surface area contributed by atoms with Crippen molar-refractivity contribution in [2.75, 3.05) is 6.61 Å². The van der Waals surface area contributed by atoms with Gasteiger partial charge in [0.05, 0.1) is 0 Å². The highest BCUT2D eigenvalue weighted by atomic mass is 19.1. The summed E-state index contributed by atoms with van der Waals surface area (Å²) in [6.45, 7) is 1.40. The lowest BCUT2D eigenvalue weighted by Gasteiger charge is -2.06. The van der Waals surface area contributed by atoms with Gasteiger partial charge in [0.1, 0.15) is 0 Å². The zero-order chi connectivity index (χ0) is 7.98. The first-order valence-electron chi connectivity index (χ1n) is 3.25. The van der Waals surface area contributed by atoms with Gasteiger partial charge in [0.2, 0.25) is 5.91 Å². The minimum atomic E-state index is -1.41. The van der Waals surface area contributed by atoms with Gasteiger partial charge in [-0.1, -0.05) is 6.92 Å². The predicted octanol–water partition coefficient (Wildman–Crippen LogP) is 0.191. The van der Waals surface area contributed by atoms with Crippen LogP contribution in [-0.4, -0.2) is 23.9 Å². The van der Waals surface area contributed by atoms with Gasteiger partial charge < -0.3 is 10.4 Å². The van der Waals surface area contributed by atoms with Crippen LogP contribution in [0.5, 0.6) is 0 Å². The molecule has 0 aromatic carbocycles. The molecule has 0 spiro atoms. The van der Waals surface area contributed by atoms with Gasteiger partial charge in [-0.15, -0.1) is 0 Å². The number of alkyl halides is 1. The Labute approximate surface area is 59.2 Å². The Morgan fingerprint density at radius 3 is 2.80 bits per heavy atom. The summed E-state index contributed by atoms with van der Waals surface area (Å²) in [5, 5.41) is 10.3. The molecule has 0 rings (SSSR count). The molecule has 0 saturated carbocycles. The van der Waals surface area contributed by atoms with Crippen LogP contribution in [0, 0.1) is 0 Å². The molecule has 0 radical (unpaired) electrons. The van der Waals surface area contributed by atoms with Gasteiger partial charge in [-0.05, 0) is 0 Å². The largest absolute Gasteiger partial charge is 0.396 e. The third kappa shape index (κ3) is 4.26. The molecule has 0 aromatic heterocycles. The first-order chi connectivity index (χ1) is 4.70. The average Bonchev–Trinajstić information content (AvgIpc) is 1.88. The molecule has 1 atom stereocenters. The molecule has 4 heteroatoms. The van der Waals surface area contributed by atoms with Gasteiger partial charge in [-0.3, -0.25) is 4.79 Å². The van der Waals surface area contributed by atoms with Crippen molar-refractivity contribution in [2.24, 2.45) is 0 Å². The standard InChI is InChI=1S/C6H12FNO2/c1-2-6(10)8-5(7)3-4-9/h5,9H,2-4H2,1H3,(H,8,10). The van der Waals surface area contributed by atoms with Gasteiger partial charge in [0, 0.05) is 19.4 Å². The maximum atomic E-state index is 12.3. The fraction of sp³-hybridized carbons (Fsp3) is 0.833. The van der Waals surface area contributed by atoms with E-state index < -0.39 is 6.30 Å². The van der Waals surface area contributed by atoms with E-state index in [4.69, 9.17) is 5.11 Å². The molecule has 60 valence electrons. The molecule has 0 saturated heterocycles. The minimum Gasteiger partial charge on any atom is -0.396 e. The molecular formula is C6H12FNO2. The van der Waals surface area contributed by atoms with E-state index in [1.807, 2.05) is 0 Å². The Kier molecular flexibility index (Phi) is 4.84. The van der Waals surface area contributed by atoms with Crippen molar-refractivity contribution in [1.82, 2.24) is 5.32 Å². The van der Waals surface area contributed by atoms with Gasteiger partial charge >= 0.3 is 0 Å². The number of rotatable bonds is 4. The Hall–Kier alpha value is -0.640. The molecule has 2 N–H and O–H groups in total. The normalized spacial score (nSPS) is 12.7. The Morgan fingerprint density at radius 1 is 1.80 bits per heavy atom. The van der Waals surface area contributed by atoms with Crippen LogP contribution < -0.4 is 5.32 Å². The first kappa shape index (κ1) is 9.36. The highest BCUT2D eigenvalue weighted by Crippen LogP contribution is 1.91.